The van der Waals surface area contributed by atoms with Crippen LogP contribution in [0.15, 0.2) is 39.8 Å². The number of pyridine rings is 1. The molecule has 9 heteroatoms. The molecule has 0 amide bonds. The van der Waals surface area contributed by atoms with Crippen LogP contribution in [0, 0.1) is 0 Å². The molecule has 0 bridgehead atoms. The van der Waals surface area contributed by atoms with Crippen LogP contribution in [0.5, 0.6) is 0 Å². The number of benzene rings is 1. The second-order valence-corrected chi connectivity index (χ2v) is 7.09. The largest absolute Gasteiger partial charge is 0.397 e. The van der Waals surface area contributed by atoms with E-state index in [9.17, 15) is 8.42 Å². The van der Waals surface area contributed by atoms with Crippen LogP contribution < -0.4 is 10.5 Å². The maximum atomic E-state index is 12.2. The van der Waals surface area contributed by atoms with Gasteiger partial charge in [0, 0.05) is 0 Å². The fraction of sp³-hybridized carbons (Fsp3) is 0. The van der Waals surface area contributed by atoms with Gasteiger partial charge in [0.1, 0.15) is 5.15 Å². The Labute approximate surface area is 134 Å². The minimum absolute atomic E-state index is 0.00507. The zero-order valence-corrected chi connectivity index (χ0v) is 13.7. The standard InChI is InChI=1S/C11H8BrCl2N3O2S/c12-8-3-6(5-16-11(8)14)17-20(18,19)7-1-2-9(13)10(15)4-7/h1-5,17H,15H2. The Kier molecular flexibility index (Phi) is 4.43. The summed E-state index contributed by atoms with van der Waals surface area (Å²) in [6.45, 7) is 0. The molecule has 5 nitrogen and oxygen atoms in total. The summed E-state index contributed by atoms with van der Waals surface area (Å²) in [5.41, 5.74) is 6.05. The van der Waals surface area contributed by atoms with Gasteiger partial charge >= 0.3 is 0 Å². The number of nitrogen functional groups attached to an aromatic ring is 1. The van der Waals surface area contributed by atoms with E-state index < -0.39 is 10.0 Å². The van der Waals surface area contributed by atoms with Gasteiger partial charge in [-0.25, -0.2) is 13.4 Å². The Morgan fingerprint density at radius 1 is 1.25 bits per heavy atom. The number of hydrogen-bond donors (Lipinski definition) is 2. The summed E-state index contributed by atoms with van der Waals surface area (Å²) in [6.07, 6.45) is 1.31. The zero-order valence-electron chi connectivity index (χ0n) is 9.77. The monoisotopic (exact) mass is 395 g/mol. The molecule has 2 rings (SSSR count). The summed E-state index contributed by atoms with van der Waals surface area (Å²) in [5, 5.41) is 0.531. The van der Waals surface area contributed by atoms with Gasteiger partial charge in [0.25, 0.3) is 10.0 Å². The number of nitrogens with two attached hydrogens (primary N) is 1. The summed E-state index contributed by atoms with van der Waals surface area (Å²) in [6, 6.07) is 5.57. The summed E-state index contributed by atoms with van der Waals surface area (Å²) in [4.78, 5) is 3.84. The first-order valence-corrected chi connectivity index (χ1v) is 8.22. The van der Waals surface area contributed by atoms with Gasteiger partial charge in [-0.05, 0) is 40.2 Å². The van der Waals surface area contributed by atoms with E-state index >= 15 is 0 Å². The zero-order chi connectivity index (χ0) is 14.9. The molecular weight excluding hydrogens is 389 g/mol. The molecular formula is C11H8BrCl2N3O2S. The van der Waals surface area contributed by atoms with Crippen LogP contribution in [0.4, 0.5) is 11.4 Å². The van der Waals surface area contributed by atoms with E-state index in [0.717, 1.165) is 0 Å². The fourth-order valence-electron chi connectivity index (χ4n) is 1.38. The molecule has 20 heavy (non-hydrogen) atoms. The second kappa shape index (κ2) is 5.77. The average Bonchev–Trinajstić information content (AvgIpc) is 2.37. The quantitative estimate of drug-likeness (QED) is 0.613. The first-order chi connectivity index (χ1) is 9.29. The van der Waals surface area contributed by atoms with Gasteiger partial charge in [-0.1, -0.05) is 23.2 Å². The Bertz CT molecular complexity index is 768. The Balaban J connectivity index is 2.35. The SMILES string of the molecule is Nc1cc(S(=O)(=O)Nc2cnc(Cl)c(Br)c2)ccc1Cl. The van der Waals surface area contributed by atoms with Gasteiger partial charge in [0.15, 0.2) is 0 Å². The first kappa shape index (κ1) is 15.4. The highest BCUT2D eigenvalue weighted by Crippen LogP contribution is 2.26. The molecule has 0 atom stereocenters. The van der Waals surface area contributed by atoms with Crippen molar-refractivity contribution in [2.75, 3.05) is 10.5 Å². The summed E-state index contributed by atoms with van der Waals surface area (Å²) < 4.78 is 27.2. The summed E-state index contributed by atoms with van der Waals surface area (Å²) in [5.74, 6) is 0. The third kappa shape index (κ3) is 3.35. The van der Waals surface area contributed by atoms with Crippen LogP contribution in [-0.4, -0.2) is 13.4 Å². The van der Waals surface area contributed by atoms with Crippen molar-refractivity contribution in [1.29, 1.82) is 0 Å². The fourth-order valence-corrected chi connectivity index (χ4v) is 3.02. The van der Waals surface area contributed by atoms with E-state index in [1.807, 2.05) is 0 Å². The van der Waals surface area contributed by atoms with Gasteiger partial charge in [0.2, 0.25) is 0 Å². The minimum atomic E-state index is -3.77. The van der Waals surface area contributed by atoms with Crippen molar-refractivity contribution in [2.24, 2.45) is 0 Å². The third-order valence-electron chi connectivity index (χ3n) is 2.33. The van der Waals surface area contributed by atoms with E-state index in [-0.39, 0.29) is 21.4 Å². The van der Waals surface area contributed by atoms with Crippen molar-refractivity contribution < 1.29 is 8.42 Å². The van der Waals surface area contributed by atoms with Crippen molar-refractivity contribution in [1.82, 2.24) is 4.98 Å². The van der Waals surface area contributed by atoms with Crippen molar-refractivity contribution in [2.45, 2.75) is 4.90 Å². The molecule has 0 unspecified atom stereocenters. The predicted octanol–water partition coefficient (Wildman–Crippen LogP) is 3.53. The lowest BCUT2D eigenvalue weighted by Crippen LogP contribution is -2.13. The number of anilines is 2. The smallest absolute Gasteiger partial charge is 0.262 e. The van der Waals surface area contributed by atoms with Gasteiger partial charge in [0.05, 0.1) is 32.0 Å². The number of aromatic nitrogens is 1. The maximum absolute atomic E-state index is 12.2. The van der Waals surface area contributed by atoms with Crippen LogP contribution in [0.25, 0.3) is 0 Å². The van der Waals surface area contributed by atoms with E-state index in [0.29, 0.717) is 9.50 Å². The average molecular weight is 397 g/mol. The molecule has 1 aromatic heterocycles. The molecule has 0 saturated carbocycles. The number of rotatable bonds is 3. The molecule has 0 spiro atoms. The molecule has 0 aliphatic carbocycles. The van der Waals surface area contributed by atoms with E-state index in [4.69, 9.17) is 28.9 Å². The normalized spacial score (nSPS) is 11.3. The number of nitrogens with one attached hydrogen (secondary N) is 1. The predicted molar refractivity (Wildman–Crippen MR) is 83.6 cm³/mol. The summed E-state index contributed by atoms with van der Waals surface area (Å²) in [7, 11) is -3.77. The van der Waals surface area contributed by atoms with E-state index in [1.165, 1.54) is 30.5 Å². The van der Waals surface area contributed by atoms with Gasteiger partial charge in [-0.2, -0.15) is 0 Å². The highest BCUT2D eigenvalue weighted by atomic mass is 79.9. The van der Waals surface area contributed by atoms with Crippen molar-refractivity contribution >= 4 is 60.5 Å². The lowest BCUT2D eigenvalue weighted by atomic mass is 10.3. The highest BCUT2D eigenvalue weighted by Gasteiger charge is 2.16. The molecule has 2 aromatic rings. The third-order valence-corrected chi connectivity index (χ3v) is 5.18. The highest BCUT2D eigenvalue weighted by molar-refractivity contribution is 9.10. The van der Waals surface area contributed by atoms with Crippen LogP contribution in [-0.2, 0) is 10.0 Å². The van der Waals surface area contributed by atoms with Gasteiger partial charge < -0.3 is 5.73 Å². The molecule has 106 valence electrons. The molecule has 0 aliphatic heterocycles. The van der Waals surface area contributed by atoms with Gasteiger partial charge in [-0.15, -0.1) is 0 Å². The molecule has 3 N–H and O–H groups in total. The second-order valence-electron chi connectivity index (χ2n) is 3.79. The number of nitrogens with zero attached hydrogens (tertiary/aromatic N) is 1. The lowest BCUT2D eigenvalue weighted by molar-refractivity contribution is 0.601. The minimum Gasteiger partial charge on any atom is -0.397 e. The Morgan fingerprint density at radius 2 is 1.95 bits per heavy atom. The molecule has 1 aromatic carbocycles. The molecule has 0 aliphatic rings. The van der Waals surface area contributed by atoms with E-state index in [1.54, 1.807) is 0 Å². The van der Waals surface area contributed by atoms with Crippen molar-refractivity contribution in [3.05, 3.63) is 45.1 Å². The first-order valence-electron chi connectivity index (χ1n) is 5.18. The van der Waals surface area contributed by atoms with Crippen LogP contribution in [0.3, 0.4) is 0 Å². The van der Waals surface area contributed by atoms with Crippen LogP contribution >= 0.6 is 39.1 Å². The molecule has 0 saturated heterocycles. The van der Waals surface area contributed by atoms with Crippen LogP contribution in [0.2, 0.25) is 10.2 Å². The van der Waals surface area contributed by atoms with Crippen molar-refractivity contribution in [3.63, 3.8) is 0 Å². The number of hydrogen-bond acceptors (Lipinski definition) is 4. The van der Waals surface area contributed by atoms with Crippen LogP contribution in [0.1, 0.15) is 0 Å². The maximum Gasteiger partial charge on any atom is 0.262 e. The van der Waals surface area contributed by atoms with Gasteiger partial charge in [-0.3, -0.25) is 4.72 Å². The number of sulfonamides is 1. The molecule has 1 heterocycles. The Hall–Kier alpha value is -1.02. The summed E-state index contributed by atoms with van der Waals surface area (Å²) >= 11 is 14.7. The molecule has 0 fully saturated rings. The topological polar surface area (TPSA) is 85.1 Å². The molecule has 0 radical (unpaired) electrons. The number of halogens is 3. The van der Waals surface area contributed by atoms with Crippen molar-refractivity contribution in [3.8, 4) is 0 Å². The Morgan fingerprint density at radius 3 is 2.55 bits per heavy atom. The van der Waals surface area contributed by atoms with E-state index in [2.05, 4.69) is 25.6 Å². The lowest BCUT2D eigenvalue weighted by Gasteiger charge is -2.09.